The summed E-state index contributed by atoms with van der Waals surface area (Å²) in [6.07, 6.45) is 1.20. The first kappa shape index (κ1) is 7.06. The van der Waals surface area contributed by atoms with Crippen LogP contribution in [-0.4, -0.2) is 18.1 Å². The zero-order chi connectivity index (χ0) is 7.68. The second-order valence-corrected chi connectivity index (χ2v) is 3.69. The summed E-state index contributed by atoms with van der Waals surface area (Å²) in [6, 6.07) is 0. The zero-order valence-electron chi connectivity index (χ0n) is 6.21. The Morgan fingerprint density at radius 3 is 3.18 bits per heavy atom. The lowest BCUT2D eigenvalue weighted by atomic mass is 10.1. The summed E-state index contributed by atoms with van der Waals surface area (Å²) in [5, 5.41) is 6.05. The first-order valence-corrected chi connectivity index (χ1v) is 4.66. The summed E-state index contributed by atoms with van der Waals surface area (Å²) in [7, 11) is 0. The van der Waals surface area contributed by atoms with Crippen molar-refractivity contribution in [3.05, 3.63) is 11.1 Å². The molecule has 1 fully saturated rings. The predicted octanol–water partition coefficient (Wildman–Crippen LogP) is 0.802. The van der Waals surface area contributed by atoms with Crippen molar-refractivity contribution in [3.8, 4) is 0 Å². The molecule has 3 N–H and O–H groups in total. The van der Waals surface area contributed by atoms with Gasteiger partial charge < -0.3 is 11.1 Å². The average molecular weight is 169 g/mol. The van der Waals surface area contributed by atoms with Crippen molar-refractivity contribution in [1.29, 1.82) is 0 Å². The van der Waals surface area contributed by atoms with E-state index in [-0.39, 0.29) is 0 Å². The van der Waals surface area contributed by atoms with Gasteiger partial charge in [0.05, 0.1) is 5.69 Å². The number of anilines is 1. The molecule has 1 atom stereocenters. The molecule has 4 heteroatoms. The van der Waals surface area contributed by atoms with Crippen molar-refractivity contribution < 1.29 is 0 Å². The van der Waals surface area contributed by atoms with Gasteiger partial charge in [-0.15, -0.1) is 11.3 Å². The van der Waals surface area contributed by atoms with Gasteiger partial charge in [0.1, 0.15) is 0 Å². The van der Waals surface area contributed by atoms with E-state index in [9.17, 15) is 0 Å². The molecule has 1 aliphatic heterocycles. The molecule has 60 valence electrons. The fourth-order valence-corrected chi connectivity index (χ4v) is 2.04. The fourth-order valence-electron chi connectivity index (χ4n) is 1.40. The highest BCUT2D eigenvalue weighted by molar-refractivity contribution is 7.13. The van der Waals surface area contributed by atoms with Crippen LogP contribution in [0.5, 0.6) is 0 Å². The topological polar surface area (TPSA) is 50.9 Å². The fraction of sp³-hybridized carbons (Fsp3) is 0.571. The van der Waals surface area contributed by atoms with E-state index in [1.807, 2.05) is 0 Å². The van der Waals surface area contributed by atoms with E-state index in [1.54, 1.807) is 0 Å². The minimum atomic E-state index is 0.601. The van der Waals surface area contributed by atoms with Gasteiger partial charge in [0.2, 0.25) is 0 Å². The maximum absolute atomic E-state index is 5.53. The second-order valence-electron chi connectivity index (χ2n) is 2.80. The molecule has 0 aromatic carbocycles. The van der Waals surface area contributed by atoms with Crippen molar-refractivity contribution in [1.82, 2.24) is 10.3 Å². The number of nitrogens with zero attached hydrogens (tertiary/aromatic N) is 1. The van der Waals surface area contributed by atoms with Crippen molar-refractivity contribution in [2.45, 2.75) is 12.3 Å². The van der Waals surface area contributed by atoms with E-state index in [1.165, 1.54) is 17.8 Å². The monoisotopic (exact) mass is 169 g/mol. The van der Waals surface area contributed by atoms with Crippen molar-refractivity contribution in [2.75, 3.05) is 18.8 Å². The maximum Gasteiger partial charge on any atom is 0.180 e. The molecular formula is C7H11N3S. The van der Waals surface area contributed by atoms with Crippen LogP contribution < -0.4 is 11.1 Å². The lowest BCUT2D eigenvalue weighted by molar-refractivity contribution is 0.742. The third-order valence-electron chi connectivity index (χ3n) is 2.02. The molecule has 0 radical (unpaired) electrons. The van der Waals surface area contributed by atoms with E-state index in [2.05, 4.69) is 15.7 Å². The standard InChI is InChI=1S/C7H11N3S/c8-7-10-6(4-11-7)5-1-2-9-3-5/h4-5,9H,1-3H2,(H2,8,10)/t5-/m0/s1. The molecule has 0 unspecified atom stereocenters. The molecule has 1 aromatic rings. The van der Waals surface area contributed by atoms with E-state index in [0.29, 0.717) is 11.0 Å². The quantitative estimate of drug-likeness (QED) is 0.654. The number of nitrogen functional groups attached to an aromatic ring is 1. The second kappa shape index (κ2) is 2.79. The Morgan fingerprint density at radius 2 is 2.64 bits per heavy atom. The summed E-state index contributed by atoms with van der Waals surface area (Å²) in [5.41, 5.74) is 6.70. The smallest absolute Gasteiger partial charge is 0.180 e. The van der Waals surface area contributed by atoms with Gasteiger partial charge in [0, 0.05) is 17.8 Å². The predicted molar refractivity (Wildman–Crippen MR) is 46.8 cm³/mol. The Bertz CT molecular complexity index is 240. The Labute approximate surface area is 69.6 Å². The van der Waals surface area contributed by atoms with Crippen LogP contribution in [0.25, 0.3) is 0 Å². The highest BCUT2D eigenvalue weighted by atomic mass is 32.1. The van der Waals surface area contributed by atoms with Crippen LogP contribution >= 0.6 is 11.3 Å². The van der Waals surface area contributed by atoms with Crippen molar-refractivity contribution in [3.63, 3.8) is 0 Å². The summed E-state index contributed by atoms with van der Waals surface area (Å²) in [6.45, 7) is 2.17. The zero-order valence-corrected chi connectivity index (χ0v) is 7.03. The first-order valence-electron chi connectivity index (χ1n) is 3.78. The average Bonchev–Trinajstić information content (AvgIpc) is 2.55. The third kappa shape index (κ3) is 1.36. The molecule has 1 saturated heterocycles. The van der Waals surface area contributed by atoms with Gasteiger partial charge in [-0.1, -0.05) is 0 Å². The lowest BCUT2D eigenvalue weighted by Crippen LogP contribution is -2.08. The number of nitrogens with two attached hydrogens (primary N) is 1. The van der Waals surface area contributed by atoms with E-state index < -0.39 is 0 Å². The van der Waals surface area contributed by atoms with Gasteiger partial charge in [0.25, 0.3) is 0 Å². The Hall–Kier alpha value is -0.610. The normalized spacial score (nSPS) is 24.2. The molecule has 2 heterocycles. The van der Waals surface area contributed by atoms with Crippen LogP contribution in [-0.2, 0) is 0 Å². The molecule has 1 aromatic heterocycles. The van der Waals surface area contributed by atoms with Crippen LogP contribution in [0.4, 0.5) is 5.13 Å². The minimum Gasteiger partial charge on any atom is -0.375 e. The van der Waals surface area contributed by atoms with Crippen LogP contribution in [0.1, 0.15) is 18.0 Å². The van der Waals surface area contributed by atoms with Crippen molar-refractivity contribution >= 4 is 16.5 Å². The molecule has 0 amide bonds. The van der Waals surface area contributed by atoms with Gasteiger partial charge in [-0.2, -0.15) is 0 Å². The van der Waals surface area contributed by atoms with Gasteiger partial charge >= 0.3 is 0 Å². The molecule has 11 heavy (non-hydrogen) atoms. The van der Waals surface area contributed by atoms with Crippen LogP contribution in [0.2, 0.25) is 0 Å². The molecule has 0 spiro atoms. The maximum atomic E-state index is 5.53. The highest BCUT2D eigenvalue weighted by Crippen LogP contribution is 2.24. The van der Waals surface area contributed by atoms with Gasteiger partial charge in [-0.3, -0.25) is 0 Å². The Balaban J connectivity index is 2.15. The van der Waals surface area contributed by atoms with Gasteiger partial charge in [-0.05, 0) is 13.0 Å². The summed E-state index contributed by atoms with van der Waals surface area (Å²) in [4.78, 5) is 4.25. The Morgan fingerprint density at radius 1 is 1.73 bits per heavy atom. The molecule has 0 aliphatic carbocycles. The van der Waals surface area contributed by atoms with E-state index in [0.717, 1.165) is 18.8 Å². The molecule has 0 bridgehead atoms. The number of thiazole rings is 1. The van der Waals surface area contributed by atoms with Crippen LogP contribution in [0, 0.1) is 0 Å². The summed E-state index contributed by atoms with van der Waals surface area (Å²) < 4.78 is 0. The number of aromatic nitrogens is 1. The lowest BCUT2D eigenvalue weighted by Gasteiger charge is -2.01. The molecular weight excluding hydrogens is 158 g/mol. The number of hydrogen-bond donors (Lipinski definition) is 2. The SMILES string of the molecule is Nc1nc([C@H]2CCNC2)cs1. The Kier molecular flexibility index (Phi) is 1.79. The number of rotatable bonds is 1. The minimum absolute atomic E-state index is 0.601. The van der Waals surface area contributed by atoms with Crippen LogP contribution in [0.3, 0.4) is 0 Å². The van der Waals surface area contributed by atoms with Gasteiger partial charge in [-0.25, -0.2) is 4.98 Å². The first-order chi connectivity index (χ1) is 5.36. The largest absolute Gasteiger partial charge is 0.375 e. The highest BCUT2D eigenvalue weighted by Gasteiger charge is 2.18. The van der Waals surface area contributed by atoms with E-state index in [4.69, 9.17) is 5.73 Å². The molecule has 1 aliphatic rings. The molecule has 3 nitrogen and oxygen atoms in total. The van der Waals surface area contributed by atoms with Gasteiger partial charge in [0.15, 0.2) is 5.13 Å². The van der Waals surface area contributed by atoms with Crippen LogP contribution in [0.15, 0.2) is 5.38 Å². The summed E-state index contributed by atoms with van der Waals surface area (Å²) in [5.74, 6) is 0.601. The van der Waals surface area contributed by atoms with Crippen molar-refractivity contribution in [2.24, 2.45) is 0 Å². The third-order valence-corrected chi connectivity index (χ3v) is 2.71. The summed E-state index contributed by atoms with van der Waals surface area (Å²) >= 11 is 1.53. The molecule has 2 rings (SSSR count). The van der Waals surface area contributed by atoms with E-state index >= 15 is 0 Å². The molecule has 0 saturated carbocycles. The number of hydrogen-bond acceptors (Lipinski definition) is 4. The number of nitrogens with one attached hydrogen (secondary N) is 1.